The van der Waals surface area contributed by atoms with Crippen molar-refractivity contribution in [1.82, 2.24) is 4.98 Å². The van der Waals surface area contributed by atoms with Gasteiger partial charge < -0.3 is 20.3 Å². The molecule has 5 heteroatoms. The molecule has 0 spiro atoms. The molecular formula is C11H15NO4. The number of aliphatic hydroxyl groups excluding tert-OH is 2. The minimum Gasteiger partial charge on any atom is -0.390 e. The topological polar surface area (TPSA) is 93.5 Å². The summed E-state index contributed by atoms with van der Waals surface area (Å²) in [4.78, 5) is 14.1. The van der Waals surface area contributed by atoms with Crippen LogP contribution in [0.4, 0.5) is 0 Å². The molecule has 16 heavy (non-hydrogen) atoms. The summed E-state index contributed by atoms with van der Waals surface area (Å²) in [5, 5.41) is 29.8. The molecule has 0 aromatic carbocycles. The monoisotopic (exact) mass is 225 g/mol. The fourth-order valence-electron chi connectivity index (χ4n) is 2.32. The maximum Gasteiger partial charge on any atom is 0.251 e. The molecule has 3 atom stereocenters. The van der Waals surface area contributed by atoms with Gasteiger partial charge in [0.25, 0.3) is 5.56 Å². The zero-order valence-electron chi connectivity index (χ0n) is 8.97. The molecule has 1 aliphatic carbocycles. The Labute approximate surface area is 92.4 Å². The average molecular weight is 225 g/mol. The van der Waals surface area contributed by atoms with Crippen molar-refractivity contribution in [2.24, 2.45) is 0 Å². The third kappa shape index (κ3) is 1.40. The van der Waals surface area contributed by atoms with Crippen molar-refractivity contribution in [3.63, 3.8) is 0 Å². The molecule has 1 aliphatic rings. The summed E-state index contributed by atoms with van der Waals surface area (Å²) < 4.78 is 0. The van der Waals surface area contributed by atoms with Crippen LogP contribution in [0.25, 0.3) is 0 Å². The second-order valence-corrected chi connectivity index (χ2v) is 4.19. The number of aromatic nitrogens is 1. The molecule has 5 nitrogen and oxygen atoms in total. The molecule has 0 aliphatic heterocycles. The van der Waals surface area contributed by atoms with Crippen LogP contribution in [0.2, 0.25) is 0 Å². The van der Waals surface area contributed by atoms with Gasteiger partial charge in [-0.15, -0.1) is 0 Å². The molecular weight excluding hydrogens is 210 g/mol. The van der Waals surface area contributed by atoms with Gasteiger partial charge in [-0.2, -0.15) is 0 Å². The Kier molecular flexibility index (Phi) is 2.61. The zero-order valence-corrected chi connectivity index (χ0v) is 8.97. The first kappa shape index (κ1) is 11.3. The van der Waals surface area contributed by atoms with Gasteiger partial charge in [-0.05, 0) is 18.1 Å². The highest BCUT2D eigenvalue weighted by Crippen LogP contribution is 2.36. The van der Waals surface area contributed by atoms with Crippen molar-refractivity contribution < 1.29 is 15.3 Å². The van der Waals surface area contributed by atoms with Gasteiger partial charge in [-0.25, -0.2) is 0 Å². The fourth-order valence-corrected chi connectivity index (χ4v) is 2.32. The van der Waals surface area contributed by atoms with E-state index in [1.54, 1.807) is 13.0 Å². The van der Waals surface area contributed by atoms with Gasteiger partial charge in [0.15, 0.2) is 0 Å². The lowest BCUT2D eigenvalue weighted by Crippen LogP contribution is -2.52. The number of pyridine rings is 1. The predicted molar refractivity (Wildman–Crippen MR) is 57.0 cm³/mol. The van der Waals surface area contributed by atoms with E-state index in [1.807, 2.05) is 0 Å². The van der Waals surface area contributed by atoms with Crippen LogP contribution in [0.1, 0.15) is 24.5 Å². The minimum absolute atomic E-state index is 0.0645. The first-order valence-corrected chi connectivity index (χ1v) is 5.30. The highest BCUT2D eigenvalue weighted by molar-refractivity contribution is 5.35. The lowest BCUT2D eigenvalue weighted by atomic mass is 9.75. The summed E-state index contributed by atoms with van der Waals surface area (Å²) in [6.07, 6.45) is -0.629. The lowest BCUT2D eigenvalue weighted by Gasteiger charge is -2.40. The summed E-state index contributed by atoms with van der Waals surface area (Å²) in [6, 6.07) is 1.58. The molecule has 0 radical (unpaired) electrons. The molecule has 1 heterocycles. The number of aliphatic hydroxyl groups is 3. The summed E-state index contributed by atoms with van der Waals surface area (Å²) >= 11 is 0. The lowest BCUT2D eigenvalue weighted by molar-refractivity contribution is -0.140. The van der Waals surface area contributed by atoms with Crippen LogP contribution in [0.15, 0.2) is 17.1 Å². The van der Waals surface area contributed by atoms with Crippen LogP contribution in [0.5, 0.6) is 0 Å². The number of aromatic amines is 1. The Balaban J connectivity index is 2.66. The Morgan fingerprint density at radius 2 is 2.25 bits per heavy atom. The molecule has 1 aromatic rings. The van der Waals surface area contributed by atoms with Crippen molar-refractivity contribution in [3.8, 4) is 0 Å². The van der Waals surface area contributed by atoms with Gasteiger partial charge in [0, 0.05) is 18.2 Å². The quantitative estimate of drug-likeness (QED) is 0.506. The Morgan fingerprint density at radius 3 is 2.88 bits per heavy atom. The van der Waals surface area contributed by atoms with Crippen molar-refractivity contribution in [3.05, 3.63) is 33.7 Å². The minimum atomic E-state index is -1.54. The van der Waals surface area contributed by atoms with E-state index < -0.39 is 17.8 Å². The van der Waals surface area contributed by atoms with Gasteiger partial charge in [-0.1, -0.05) is 6.92 Å². The molecule has 0 amide bonds. The summed E-state index contributed by atoms with van der Waals surface area (Å²) in [7, 11) is 0. The molecule has 4 N–H and O–H groups in total. The van der Waals surface area contributed by atoms with Crippen LogP contribution < -0.4 is 5.56 Å². The number of rotatable bonds is 1. The molecule has 0 fully saturated rings. The van der Waals surface area contributed by atoms with Crippen LogP contribution in [0, 0.1) is 0 Å². The van der Waals surface area contributed by atoms with E-state index in [4.69, 9.17) is 0 Å². The highest BCUT2D eigenvalue weighted by Gasteiger charge is 2.46. The van der Waals surface area contributed by atoms with Crippen LogP contribution >= 0.6 is 0 Å². The van der Waals surface area contributed by atoms with Crippen LogP contribution in [-0.2, 0) is 12.0 Å². The van der Waals surface area contributed by atoms with Crippen molar-refractivity contribution in [2.75, 3.05) is 0 Å². The maximum atomic E-state index is 11.6. The van der Waals surface area contributed by atoms with Crippen LogP contribution in [0.3, 0.4) is 0 Å². The summed E-state index contributed by atoms with van der Waals surface area (Å²) in [5.74, 6) is 0. The van der Waals surface area contributed by atoms with Gasteiger partial charge >= 0.3 is 0 Å². The van der Waals surface area contributed by atoms with Crippen LogP contribution in [-0.4, -0.2) is 32.5 Å². The zero-order chi connectivity index (χ0) is 11.9. The second kappa shape index (κ2) is 3.69. The third-order valence-electron chi connectivity index (χ3n) is 3.34. The number of nitrogens with one attached hydrogen (secondary N) is 1. The number of hydrogen-bond acceptors (Lipinski definition) is 4. The van der Waals surface area contributed by atoms with Gasteiger partial charge in [-0.3, -0.25) is 4.79 Å². The number of H-pyrrole nitrogens is 1. The Bertz CT molecular complexity index is 456. The van der Waals surface area contributed by atoms with E-state index in [1.165, 1.54) is 6.20 Å². The molecule has 0 saturated carbocycles. The van der Waals surface area contributed by atoms with Crippen molar-refractivity contribution >= 4 is 0 Å². The third-order valence-corrected chi connectivity index (χ3v) is 3.34. The second-order valence-electron chi connectivity index (χ2n) is 4.19. The predicted octanol–water partition coefficient (Wildman–Crippen LogP) is -0.750. The number of fused-ring (bicyclic) bond motifs is 1. The smallest absolute Gasteiger partial charge is 0.251 e. The normalized spacial score (nSPS) is 33.5. The van der Waals surface area contributed by atoms with E-state index in [9.17, 15) is 20.1 Å². The molecule has 0 saturated heterocycles. The summed E-state index contributed by atoms with van der Waals surface area (Å²) in [6.45, 7) is 1.70. The van der Waals surface area contributed by atoms with E-state index in [2.05, 4.69) is 4.98 Å². The SMILES string of the molecule is CC[C@@]1(O)c2cc[nH]c(=O)c2C[C@H](O)[C@@H]1O. The molecule has 2 rings (SSSR count). The average Bonchev–Trinajstić information content (AvgIpc) is 2.28. The molecule has 0 unspecified atom stereocenters. The fraction of sp³-hybridized carbons (Fsp3) is 0.545. The highest BCUT2D eigenvalue weighted by atomic mass is 16.4. The Morgan fingerprint density at radius 1 is 1.56 bits per heavy atom. The molecule has 1 aromatic heterocycles. The van der Waals surface area contributed by atoms with E-state index >= 15 is 0 Å². The summed E-state index contributed by atoms with van der Waals surface area (Å²) in [5.41, 5.74) is -1.10. The molecule has 88 valence electrons. The van der Waals surface area contributed by atoms with Crippen molar-refractivity contribution in [2.45, 2.75) is 37.6 Å². The standard InChI is InChI=1S/C11H15NO4/c1-2-11(16)7-3-4-12-10(15)6(7)5-8(13)9(11)14/h3-4,8-9,13-14,16H,2,5H2,1H3,(H,12,15)/t8-,9-,11+/m0/s1. The van der Waals surface area contributed by atoms with E-state index in [-0.39, 0.29) is 18.4 Å². The molecule has 0 bridgehead atoms. The number of hydrogen-bond donors (Lipinski definition) is 4. The van der Waals surface area contributed by atoms with Gasteiger partial charge in [0.2, 0.25) is 0 Å². The van der Waals surface area contributed by atoms with Gasteiger partial charge in [0.1, 0.15) is 11.7 Å². The first-order chi connectivity index (χ1) is 7.50. The largest absolute Gasteiger partial charge is 0.390 e. The van der Waals surface area contributed by atoms with Crippen molar-refractivity contribution in [1.29, 1.82) is 0 Å². The first-order valence-electron chi connectivity index (χ1n) is 5.30. The Hall–Kier alpha value is -1.17. The maximum absolute atomic E-state index is 11.6. The van der Waals surface area contributed by atoms with Gasteiger partial charge in [0.05, 0.1) is 6.10 Å². The van der Waals surface area contributed by atoms with E-state index in [0.717, 1.165) is 0 Å². The van der Waals surface area contributed by atoms with E-state index in [0.29, 0.717) is 11.1 Å².